The molecule has 0 fully saturated rings. The number of benzene rings is 1. The molecule has 0 saturated carbocycles. The number of halogens is 1. The van der Waals surface area contributed by atoms with Gasteiger partial charge in [0.2, 0.25) is 10.0 Å². The second kappa shape index (κ2) is 14.2. The van der Waals surface area contributed by atoms with E-state index < -0.39 is 10.0 Å². The van der Waals surface area contributed by atoms with E-state index in [0.29, 0.717) is 32.3 Å². The molecule has 1 aromatic rings. The van der Waals surface area contributed by atoms with Crippen molar-refractivity contribution < 1.29 is 17.9 Å². The van der Waals surface area contributed by atoms with E-state index in [1.54, 1.807) is 25.3 Å². The topological polar surface area (TPSA) is 101 Å². The Labute approximate surface area is 173 Å². The van der Waals surface area contributed by atoms with Gasteiger partial charge in [-0.1, -0.05) is 12.1 Å². The van der Waals surface area contributed by atoms with Crippen LogP contribution >= 0.6 is 24.0 Å². The monoisotopic (exact) mass is 500 g/mol. The van der Waals surface area contributed by atoms with E-state index >= 15 is 0 Å². The molecule has 8 nitrogen and oxygen atoms in total. The summed E-state index contributed by atoms with van der Waals surface area (Å²) in [5.41, 5.74) is 0.804. The van der Waals surface area contributed by atoms with E-state index in [2.05, 4.69) is 20.3 Å². The van der Waals surface area contributed by atoms with Gasteiger partial charge in [-0.05, 0) is 24.6 Å². The molecule has 26 heavy (non-hydrogen) atoms. The lowest BCUT2D eigenvalue weighted by molar-refractivity contribution is 0.203. The van der Waals surface area contributed by atoms with Crippen molar-refractivity contribution >= 4 is 40.0 Å². The molecule has 10 heteroatoms. The molecule has 3 N–H and O–H groups in total. The number of ether oxygens (including phenoxy) is 2. The summed E-state index contributed by atoms with van der Waals surface area (Å²) >= 11 is 0. The molecule has 0 heterocycles. The quantitative estimate of drug-likeness (QED) is 0.181. The summed E-state index contributed by atoms with van der Waals surface area (Å²) in [5, 5.41) is 6.27. The van der Waals surface area contributed by atoms with Gasteiger partial charge in [0.15, 0.2) is 5.96 Å². The van der Waals surface area contributed by atoms with Crippen LogP contribution in [0.2, 0.25) is 0 Å². The molecule has 0 aromatic heterocycles. The smallest absolute Gasteiger partial charge is 0.240 e. The molecule has 0 aliphatic rings. The molecule has 0 atom stereocenters. The molecule has 0 bridgehead atoms. The number of sulfonamides is 1. The predicted octanol–water partition coefficient (Wildman–Crippen LogP) is 0.931. The first-order valence-electron chi connectivity index (χ1n) is 8.12. The fraction of sp³-hybridized carbons (Fsp3) is 0.562. The molecule has 150 valence electrons. The molecule has 0 aliphatic carbocycles. The molecule has 1 rings (SSSR count). The van der Waals surface area contributed by atoms with Crippen LogP contribution in [0.15, 0.2) is 34.2 Å². The van der Waals surface area contributed by atoms with Crippen LogP contribution in [0.4, 0.5) is 0 Å². The Balaban J connectivity index is 0.00000625. The molecule has 0 radical (unpaired) electrons. The highest BCUT2D eigenvalue weighted by molar-refractivity contribution is 14.0. The van der Waals surface area contributed by atoms with E-state index in [9.17, 15) is 8.42 Å². The van der Waals surface area contributed by atoms with Crippen molar-refractivity contribution in [1.29, 1.82) is 0 Å². The third-order valence-electron chi connectivity index (χ3n) is 3.17. The fourth-order valence-electron chi connectivity index (χ4n) is 1.96. The third kappa shape index (κ3) is 9.67. The summed E-state index contributed by atoms with van der Waals surface area (Å²) in [4.78, 5) is 4.67. The summed E-state index contributed by atoms with van der Waals surface area (Å²) in [6, 6.07) is 6.74. The number of hydrogen-bond acceptors (Lipinski definition) is 5. The highest BCUT2D eigenvalue weighted by Crippen LogP contribution is 2.12. The Morgan fingerprint density at radius 2 is 1.81 bits per heavy atom. The van der Waals surface area contributed by atoms with Gasteiger partial charge < -0.3 is 20.1 Å². The maximum absolute atomic E-state index is 12.2. The van der Waals surface area contributed by atoms with Crippen LogP contribution in [0.25, 0.3) is 0 Å². The van der Waals surface area contributed by atoms with Crippen molar-refractivity contribution in [2.45, 2.75) is 18.4 Å². The Kier molecular flexibility index (Phi) is 13.6. The average Bonchev–Trinajstić information content (AvgIpc) is 2.60. The molecular weight excluding hydrogens is 471 g/mol. The van der Waals surface area contributed by atoms with Gasteiger partial charge in [0.25, 0.3) is 0 Å². The second-order valence-electron chi connectivity index (χ2n) is 5.15. The number of rotatable bonds is 11. The van der Waals surface area contributed by atoms with Gasteiger partial charge in [-0.15, -0.1) is 24.0 Å². The number of methoxy groups -OCH3 is 2. The first kappa shape index (κ1) is 25.1. The lowest BCUT2D eigenvalue weighted by Gasteiger charge is -2.11. The summed E-state index contributed by atoms with van der Waals surface area (Å²) < 4.78 is 36.8. The number of hydrogen-bond donors (Lipinski definition) is 3. The third-order valence-corrected chi connectivity index (χ3v) is 4.63. The largest absolute Gasteiger partial charge is 0.383 e. The van der Waals surface area contributed by atoms with Crippen LogP contribution in [0, 0.1) is 0 Å². The van der Waals surface area contributed by atoms with E-state index in [1.165, 1.54) is 7.11 Å². The minimum absolute atomic E-state index is 0. The number of aliphatic imine (C=N–C) groups is 1. The van der Waals surface area contributed by atoms with Crippen LogP contribution in [-0.4, -0.2) is 61.4 Å². The summed E-state index contributed by atoms with van der Waals surface area (Å²) in [6.07, 6.45) is 0. The molecule has 0 aliphatic heterocycles. The lowest BCUT2D eigenvalue weighted by Crippen LogP contribution is -2.38. The van der Waals surface area contributed by atoms with Gasteiger partial charge in [0.05, 0.1) is 24.7 Å². The van der Waals surface area contributed by atoms with Crippen molar-refractivity contribution in [3.05, 3.63) is 29.8 Å². The number of nitrogens with zero attached hydrogens (tertiary/aromatic N) is 1. The van der Waals surface area contributed by atoms with Gasteiger partial charge in [-0.25, -0.2) is 18.1 Å². The lowest BCUT2D eigenvalue weighted by atomic mass is 10.2. The Morgan fingerprint density at radius 1 is 1.12 bits per heavy atom. The minimum atomic E-state index is -3.55. The first-order valence-corrected chi connectivity index (χ1v) is 9.60. The zero-order valence-electron chi connectivity index (χ0n) is 15.4. The molecule has 1 aromatic carbocycles. The number of nitrogens with one attached hydrogen (secondary N) is 3. The molecule has 0 unspecified atom stereocenters. The van der Waals surface area contributed by atoms with Gasteiger partial charge in [-0.2, -0.15) is 0 Å². The summed E-state index contributed by atoms with van der Waals surface area (Å²) in [7, 11) is -0.387. The van der Waals surface area contributed by atoms with Crippen LogP contribution in [-0.2, 0) is 26.0 Å². The van der Waals surface area contributed by atoms with Crippen LogP contribution in [0.3, 0.4) is 0 Å². The molecule has 0 saturated heterocycles. The Hall–Kier alpha value is -0.950. The zero-order chi connectivity index (χ0) is 18.5. The Morgan fingerprint density at radius 3 is 2.46 bits per heavy atom. The summed E-state index contributed by atoms with van der Waals surface area (Å²) in [6.45, 7) is 4.84. The molecule has 0 amide bonds. The van der Waals surface area contributed by atoms with E-state index in [-0.39, 0.29) is 35.4 Å². The van der Waals surface area contributed by atoms with Crippen molar-refractivity contribution in [3.63, 3.8) is 0 Å². The van der Waals surface area contributed by atoms with Gasteiger partial charge in [0.1, 0.15) is 0 Å². The van der Waals surface area contributed by atoms with Crippen LogP contribution in [0.1, 0.15) is 12.5 Å². The first-order chi connectivity index (χ1) is 12.0. The zero-order valence-corrected chi connectivity index (χ0v) is 18.6. The summed E-state index contributed by atoms with van der Waals surface area (Å²) in [5.74, 6) is 0.658. The highest BCUT2D eigenvalue weighted by atomic mass is 127. The minimum Gasteiger partial charge on any atom is -0.383 e. The van der Waals surface area contributed by atoms with Crippen molar-refractivity contribution in [1.82, 2.24) is 15.4 Å². The number of guanidine groups is 1. The van der Waals surface area contributed by atoms with E-state index in [4.69, 9.17) is 9.47 Å². The SMILES string of the molecule is CCNC(=NCc1cccc(S(=O)(=O)NCCOC)c1)NCCOC.I. The van der Waals surface area contributed by atoms with E-state index in [0.717, 1.165) is 12.1 Å². The molecule has 0 spiro atoms. The maximum Gasteiger partial charge on any atom is 0.240 e. The standard InChI is InChI=1S/C16H28N4O4S.HI/c1-4-17-16(18-8-10-23-2)19-13-14-6-5-7-15(12-14)25(21,22)20-9-11-24-3;/h5-7,12,20H,4,8-11,13H2,1-3H3,(H2,17,18,19);1H. The van der Waals surface area contributed by atoms with Gasteiger partial charge in [0, 0.05) is 33.9 Å². The maximum atomic E-state index is 12.2. The van der Waals surface area contributed by atoms with Crippen molar-refractivity contribution in [2.24, 2.45) is 4.99 Å². The predicted molar refractivity (Wildman–Crippen MR) is 114 cm³/mol. The fourth-order valence-corrected chi connectivity index (χ4v) is 3.04. The Bertz CT molecular complexity index is 641. The highest BCUT2D eigenvalue weighted by Gasteiger charge is 2.13. The van der Waals surface area contributed by atoms with Crippen LogP contribution in [0.5, 0.6) is 0 Å². The van der Waals surface area contributed by atoms with Crippen LogP contribution < -0.4 is 15.4 Å². The van der Waals surface area contributed by atoms with Gasteiger partial charge >= 0.3 is 0 Å². The van der Waals surface area contributed by atoms with Crippen molar-refractivity contribution in [2.75, 3.05) is 47.1 Å². The van der Waals surface area contributed by atoms with Gasteiger partial charge in [-0.3, -0.25) is 0 Å². The normalized spacial score (nSPS) is 11.7. The average molecular weight is 500 g/mol. The van der Waals surface area contributed by atoms with Crippen molar-refractivity contribution in [3.8, 4) is 0 Å². The van der Waals surface area contributed by atoms with E-state index in [1.807, 2.05) is 13.0 Å². The second-order valence-corrected chi connectivity index (χ2v) is 6.92. The molecular formula is C16H29IN4O4S.